The molecule has 2 N–H and O–H groups in total. The van der Waals surface area contributed by atoms with Crippen molar-refractivity contribution in [3.05, 3.63) is 59.2 Å². The molecular weight excluding hydrogens is 402 g/mol. The molecule has 2 amide bonds. The summed E-state index contributed by atoms with van der Waals surface area (Å²) in [6.45, 7) is 4.95. The highest BCUT2D eigenvalue weighted by Gasteiger charge is 2.28. The van der Waals surface area contributed by atoms with Gasteiger partial charge in [-0.25, -0.2) is 8.42 Å². The van der Waals surface area contributed by atoms with Gasteiger partial charge in [0.1, 0.15) is 0 Å². The molecule has 0 unspecified atom stereocenters. The molecule has 2 aromatic rings. The summed E-state index contributed by atoms with van der Waals surface area (Å²) in [4.78, 5) is 25.0. The minimum absolute atomic E-state index is 0.176. The Morgan fingerprint density at radius 2 is 1.63 bits per heavy atom. The van der Waals surface area contributed by atoms with Gasteiger partial charge in [0.25, 0.3) is 11.8 Å². The van der Waals surface area contributed by atoms with Crippen molar-refractivity contribution in [1.82, 2.24) is 9.62 Å². The van der Waals surface area contributed by atoms with Gasteiger partial charge in [0, 0.05) is 25.7 Å². The Hall–Kier alpha value is -2.71. The highest BCUT2D eigenvalue weighted by atomic mass is 32.2. The molecule has 1 saturated heterocycles. The number of nitrogens with one attached hydrogen (secondary N) is 2. The molecule has 30 heavy (non-hydrogen) atoms. The fourth-order valence-electron chi connectivity index (χ4n) is 3.55. The molecule has 0 spiro atoms. The Bertz CT molecular complexity index is 1040. The van der Waals surface area contributed by atoms with Crippen molar-refractivity contribution in [1.29, 1.82) is 0 Å². The zero-order valence-electron chi connectivity index (χ0n) is 17.4. The maximum atomic E-state index is 12.8. The summed E-state index contributed by atoms with van der Waals surface area (Å²) >= 11 is 0. The third-order valence-corrected chi connectivity index (χ3v) is 7.38. The molecule has 7 nitrogen and oxygen atoms in total. The molecule has 1 aliphatic heterocycles. The van der Waals surface area contributed by atoms with E-state index in [0.29, 0.717) is 35.8 Å². The van der Waals surface area contributed by atoms with Crippen LogP contribution in [-0.2, 0) is 10.0 Å². The van der Waals surface area contributed by atoms with E-state index in [-0.39, 0.29) is 10.8 Å². The number of carbonyl (C=O) groups excluding carboxylic acids is 2. The summed E-state index contributed by atoms with van der Waals surface area (Å²) in [7, 11) is -2.03. The Morgan fingerprint density at radius 1 is 1.00 bits per heavy atom. The number of rotatable bonds is 5. The summed E-state index contributed by atoms with van der Waals surface area (Å²) in [6, 6.07) is 11.1. The van der Waals surface area contributed by atoms with Crippen LogP contribution in [0.5, 0.6) is 0 Å². The largest absolute Gasteiger partial charge is 0.355 e. The minimum Gasteiger partial charge on any atom is -0.355 e. The van der Waals surface area contributed by atoms with Crippen molar-refractivity contribution in [3.8, 4) is 0 Å². The molecule has 1 heterocycles. The van der Waals surface area contributed by atoms with Gasteiger partial charge < -0.3 is 10.6 Å². The van der Waals surface area contributed by atoms with E-state index < -0.39 is 15.9 Å². The van der Waals surface area contributed by atoms with Gasteiger partial charge in [-0.15, -0.1) is 0 Å². The zero-order valence-corrected chi connectivity index (χ0v) is 18.3. The molecular formula is C22H27N3O4S. The lowest BCUT2D eigenvalue weighted by atomic mass is 10.0. The van der Waals surface area contributed by atoms with Gasteiger partial charge in [-0.3, -0.25) is 9.59 Å². The van der Waals surface area contributed by atoms with Crippen LogP contribution in [0, 0.1) is 12.8 Å². The monoisotopic (exact) mass is 429 g/mol. The quantitative estimate of drug-likeness (QED) is 0.764. The van der Waals surface area contributed by atoms with Crippen molar-refractivity contribution >= 4 is 27.5 Å². The summed E-state index contributed by atoms with van der Waals surface area (Å²) < 4.78 is 27.2. The second kappa shape index (κ2) is 8.97. The van der Waals surface area contributed by atoms with Crippen molar-refractivity contribution in [2.75, 3.05) is 25.5 Å². The van der Waals surface area contributed by atoms with Crippen LogP contribution in [0.25, 0.3) is 0 Å². The second-order valence-corrected chi connectivity index (χ2v) is 9.58. The van der Waals surface area contributed by atoms with Crippen LogP contribution >= 0.6 is 0 Å². The molecule has 0 bridgehead atoms. The molecule has 1 aliphatic rings. The van der Waals surface area contributed by atoms with Gasteiger partial charge in [0.05, 0.1) is 16.1 Å². The van der Waals surface area contributed by atoms with Crippen molar-refractivity contribution in [3.63, 3.8) is 0 Å². The van der Waals surface area contributed by atoms with E-state index in [9.17, 15) is 18.0 Å². The van der Waals surface area contributed by atoms with Crippen molar-refractivity contribution < 1.29 is 18.0 Å². The highest BCUT2D eigenvalue weighted by Crippen LogP contribution is 2.24. The molecule has 8 heteroatoms. The number of sulfonamides is 1. The van der Waals surface area contributed by atoms with Gasteiger partial charge >= 0.3 is 0 Å². The van der Waals surface area contributed by atoms with Crippen molar-refractivity contribution in [2.24, 2.45) is 5.92 Å². The molecule has 3 rings (SSSR count). The first-order chi connectivity index (χ1) is 14.2. The van der Waals surface area contributed by atoms with Crippen LogP contribution in [0.3, 0.4) is 0 Å². The fraction of sp³-hybridized carbons (Fsp3) is 0.364. The standard InChI is InChI=1S/C22H27N3O4S/c1-15-11-13-25(14-12-15)30(28,29)18-9-7-17(8-10-18)21(26)24-19-6-4-5-16(2)20(19)22(27)23-3/h4-10,15H,11-14H2,1-3H3,(H,23,27)(H,24,26). The maximum absolute atomic E-state index is 12.8. The zero-order chi connectivity index (χ0) is 21.9. The minimum atomic E-state index is -3.57. The van der Waals surface area contributed by atoms with Gasteiger partial charge in [0.15, 0.2) is 0 Å². The SMILES string of the molecule is CNC(=O)c1c(C)cccc1NC(=O)c1ccc(S(=O)(=O)N2CCC(C)CC2)cc1. The summed E-state index contributed by atoms with van der Waals surface area (Å²) in [6.07, 6.45) is 1.70. The maximum Gasteiger partial charge on any atom is 0.255 e. The Morgan fingerprint density at radius 3 is 2.23 bits per heavy atom. The average Bonchev–Trinajstić information content (AvgIpc) is 2.74. The fourth-order valence-corrected chi connectivity index (χ4v) is 5.02. The molecule has 0 aromatic heterocycles. The van der Waals surface area contributed by atoms with E-state index in [2.05, 4.69) is 17.6 Å². The number of carbonyl (C=O) groups is 2. The van der Waals surface area contributed by atoms with Gasteiger partial charge in [-0.2, -0.15) is 4.31 Å². The van der Waals surface area contributed by atoms with Gasteiger partial charge in [-0.05, 0) is 61.6 Å². The number of benzene rings is 2. The van der Waals surface area contributed by atoms with E-state index in [1.807, 2.05) is 0 Å². The number of amides is 2. The summed E-state index contributed by atoms with van der Waals surface area (Å²) in [5, 5.41) is 5.32. The first-order valence-corrected chi connectivity index (χ1v) is 11.4. The lowest BCUT2D eigenvalue weighted by Crippen LogP contribution is -2.37. The number of piperidine rings is 1. The average molecular weight is 430 g/mol. The third-order valence-electron chi connectivity index (χ3n) is 5.47. The molecule has 1 fully saturated rings. The third kappa shape index (κ3) is 4.55. The number of aryl methyl sites for hydroxylation is 1. The molecule has 160 valence electrons. The summed E-state index contributed by atoms with van der Waals surface area (Å²) in [5.41, 5.74) is 1.85. The van der Waals surface area contributed by atoms with E-state index in [1.165, 1.54) is 35.6 Å². The predicted octanol–water partition coefficient (Wildman–Crippen LogP) is 3.03. The number of nitrogens with zero attached hydrogens (tertiary/aromatic N) is 1. The Balaban J connectivity index is 1.78. The lowest BCUT2D eigenvalue weighted by molar-refractivity contribution is 0.0963. The van der Waals surface area contributed by atoms with E-state index in [0.717, 1.165) is 18.4 Å². The smallest absolute Gasteiger partial charge is 0.255 e. The van der Waals surface area contributed by atoms with E-state index >= 15 is 0 Å². The molecule has 0 saturated carbocycles. The Labute approximate surface area is 177 Å². The topological polar surface area (TPSA) is 95.6 Å². The predicted molar refractivity (Wildman–Crippen MR) is 116 cm³/mol. The number of hydrogen-bond acceptors (Lipinski definition) is 4. The van der Waals surface area contributed by atoms with Crippen LogP contribution in [-0.4, -0.2) is 44.7 Å². The van der Waals surface area contributed by atoms with Crippen LogP contribution in [0.1, 0.15) is 46.0 Å². The first kappa shape index (κ1) is 22.0. The van der Waals surface area contributed by atoms with Crippen molar-refractivity contribution in [2.45, 2.75) is 31.6 Å². The molecule has 2 aromatic carbocycles. The van der Waals surface area contributed by atoms with Crippen LogP contribution in [0.2, 0.25) is 0 Å². The molecule has 0 atom stereocenters. The van der Waals surface area contributed by atoms with E-state index in [4.69, 9.17) is 0 Å². The van der Waals surface area contributed by atoms with Crippen LogP contribution < -0.4 is 10.6 Å². The highest BCUT2D eigenvalue weighted by molar-refractivity contribution is 7.89. The lowest BCUT2D eigenvalue weighted by Gasteiger charge is -2.29. The summed E-state index contributed by atoms with van der Waals surface area (Å²) in [5.74, 6) is -0.175. The number of anilines is 1. The second-order valence-electron chi connectivity index (χ2n) is 7.64. The molecule has 0 aliphatic carbocycles. The van der Waals surface area contributed by atoms with Gasteiger partial charge in [0.2, 0.25) is 10.0 Å². The van der Waals surface area contributed by atoms with Crippen LogP contribution in [0.4, 0.5) is 5.69 Å². The van der Waals surface area contributed by atoms with E-state index in [1.54, 1.807) is 25.1 Å². The number of hydrogen-bond donors (Lipinski definition) is 2. The normalized spacial score (nSPS) is 15.6. The molecule has 0 radical (unpaired) electrons. The van der Waals surface area contributed by atoms with Gasteiger partial charge in [-0.1, -0.05) is 19.1 Å². The first-order valence-electron chi connectivity index (χ1n) is 9.97. The van der Waals surface area contributed by atoms with Crippen LogP contribution in [0.15, 0.2) is 47.4 Å². The Kier molecular flexibility index (Phi) is 6.58.